The molecule has 0 fully saturated rings. The summed E-state index contributed by atoms with van der Waals surface area (Å²) in [5.74, 6) is 1.96. The van der Waals surface area contributed by atoms with Crippen LogP contribution in [0, 0.1) is 0 Å². The lowest BCUT2D eigenvalue weighted by molar-refractivity contribution is 0.159. The number of ether oxygens (including phenoxy) is 1. The Labute approximate surface area is 150 Å². The molecule has 0 aromatic heterocycles. The van der Waals surface area contributed by atoms with E-state index in [-0.39, 0.29) is 11.0 Å². The average molecular weight is 339 g/mol. The van der Waals surface area contributed by atoms with Gasteiger partial charge in [-0.05, 0) is 54.7 Å². The lowest BCUT2D eigenvalue weighted by Gasteiger charge is -2.28. The third kappa shape index (κ3) is 4.05. The second kappa shape index (κ2) is 6.33. The molecule has 0 unspecified atom stereocenters. The summed E-state index contributed by atoms with van der Waals surface area (Å²) in [5, 5.41) is 0. The molecule has 0 saturated carbocycles. The van der Waals surface area contributed by atoms with Crippen LogP contribution in [0.4, 0.5) is 0 Å². The van der Waals surface area contributed by atoms with Crippen LogP contribution in [-0.4, -0.2) is 5.60 Å². The van der Waals surface area contributed by atoms with Crippen molar-refractivity contribution in [3.8, 4) is 5.75 Å². The van der Waals surface area contributed by atoms with Crippen LogP contribution in [0.5, 0.6) is 5.75 Å². The van der Waals surface area contributed by atoms with Gasteiger partial charge < -0.3 is 4.74 Å². The number of hydrogen-bond acceptors (Lipinski definition) is 2. The summed E-state index contributed by atoms with van der Waals surface area (Å²) in [5.41, 5.74) is 3.91. The van der Waals surface area contributed by atoms with Crippen LogP contribution in [0.15, 0.2) is 53.4 Å². The first-order valence-corrected chi connectivity index (χ1v) is 9.46. The monoisotopic (exact) mass is 338 g/mol. The molecule has 0 amide bonds. The Hall–Kier alpha value is -1.67. The van der Waals surface area contributed by atoms with Gasteiger partial charge >= 0.3 is 0 Å². The molecule has 0 aliphatic carbocycles. The zero-order valence-electron chi connectivity index (χ0n) is 15.2. The Morgan fingerprint density at radius 1 is 1.00 bits per heavy atom. The highest BCUT2D eigenvalue weighted by atomic mass is 32.2. The third-order valence-corrected chi connectivity index (χ3v) is 5.31. The van der Waals surface area contributed by atoms with Gasteiger partial charge in [0.15, 0.2) is 0 Å². The maximum Gasteiger partial charge on any atom is 0.127 e. The zero-order valence-corrected chi connectivity index (χ0v) is 16.0. The molecule has 24 heavy (non-hydrogen) atoms. The molecule has 1 heterocycles. The van der Waals surface area contributed by atoms with Crippen LogP contribution < -0.4 is 4.74 Å². The van der Waals surface area contributed by atoms with Crippen molar-refractivity contribution in [2.45, 2.75) is 56.3 Å². The van der Waals surface area contributed by atoms with E-state index in [1.54, 1.807) is 0 Å². The van der Waals surface area contributed by atoms with Crippen LogP contribution >= 0.6 is 11.8 Å². The first-order chi connectivity index (χ1) is 11.2. The normalized spacial score (nSPS) is 15.7. The van der Waals surface area contributed by atoms with E-state index in [1.165, 1.54) is 21.6 Å². The summed E-state index contributed by atoms with van der Waals surface area (Å²) >= 11 is 1.87. The predicted octanol–water partition coefficient (Wildman–Crippen LogP) is 6.46. The predicted molar refractivity (Wildman–Crippen MR) is 105 cm³/mol. The molecule has 1 nitrogen and oxygen atoms in total. The van der Waals surface area contributed by atoms with E-state index in [2.05, 4.69) is 89.2 Å². The van der Waals surface area contributed by atoms with Gasteiger partial charge in [-0.15, -0.1) is 11.8 Å². The third-order valence-electron chi connectivity index (χ3n) is 4.24. The van der Waals surface area contributed by atoms with Crippen LogP contribution in [0.3, 0.4) is 0 Å². The second-order valence-corrected chi connectivity index (χ2v) is 9.02. The van der Waals surface area contributed by atoms with Crippen LogP contribution in [-0.2, 0) is 11.2 Å². The molecular formula is C22H26OS. The topological polar surface area (TPSA) is 9.23 Å². The Balaban J connectivity index is 1.67. The quantitative estimate of drug-likeness (QED) is 0.594. The summed E-state index contributed by atoms with van der Waals surface area (Å²) < 4.78 is 5.99. The Morgan fingerprint density at radius 3 is 2.38 bits per heavy atom. The molecule has 2 aromatic carbocycles. The van der Waals surface area contributed by atoms with Crippen molar-refractivity contribution in [3.05, 3.63) is 65.2 Å². The molecule has 0 radical (unpaired) electrons. The fourth-order valence-electron chi connectivity index (χ4n) is 2.72. The van der Waals surface area contributed by atoms with Gasteiger partial charge in [0.1, 0.15) is 11.4 Å². The van der Waals surface area contributed by atoms with Crippen molar-refractivity contribution in [1.82, 2.24) is 0 Å². The van der Waals surface area contributed by atoms with Crippen molar-refractivity contribution in [2.75, 3.05) is 0 Å². The molecule has 1 aliphatic heterocycles. The maximum absolute atomic E-state index is 5.99. The highest BCUT2D eigenvalue weighted by Crippen LogP contribution is 2.34. The standard InChI is InChI=1S/C22H26OS/c1-21(2,3)18-8-6-16(7-9-18)15-24-19-10-11-20-17(14-19)12-13-22(4,5)23-20/h6-14H,15H2,1-5H3. The van der Waals surface area contributed by atoms with Crippen molar-refractivity contribution >= 4 is 17.8 Å². The minimum Gasteiger partial charge on any atom is -0.483 e. The van der Waals surface area contributed by atoms with Crippen molar-refractivity contribution in [3.63, 3.8) is 0 Å². The smallest absolute Gasteiger partial charge is 0.127 e. The van der Waals surface area contributed by atoms with Crippen molar-refractivity contribution < 1.29 is 4.74 Å². The number of fused-ring (bicyclic) bond motifs is 1. The van der Waals surface area contributed by atoms with E-state index in [0.29, 0.717) is 0 Å². The Kier molecular flexibility index (Phi) is 4.52. The Morgan fingerprint density at radius 2 is 1.71 bits per heavy atom. The summed E-state index contributed by atoms with van der Waals surface area (Å²) in [6.45, 7) is 10.9. The molecule has 3 rings (SSSR count). The van der Waals surface area contributed by atoms with Crippen LogP contribution in [0.1, 0.15) is 51.3 Å². The number of benzene rings is 2. The van der Waals surface area contributed by atoms with E-state index < -0.39 is 0 Å². The number of rotatable bonds is 3. The van der Waals surface area contributed by atoms with Gasteiger partial charge in [-0.25, -0.2) is 0 Å². The summed E-state index contributed by atoms with van der Waals surface area (Å²) in [7, 11) is 0. The molecule has 0 spiro atoms. The summed E-state index contributed by atoms with van der Waals surface area (Å²) in [6, 6.07) is 15.5. The number of thioether (sulfide) groups is 1. The molecule has 2 aromatic rings. The molecular weight excluding hydrogens is 312 g/mol. The van der Waals surface area contributed by atoms with Gasteiger partial charge in [0.25, 0.3) is 0 Å². The van der Waals surface area contributed by atoms with Gasteiger partial charge in [0.2, 0.25) is 0 Å². The summed E-state index contributed by atoms with van der Waals surface area (Å²) in [6.07, 6.45) is 4.29. The molecule has 1 aliphatic rings. The fraction of sp³-hybridized carbons (Fsp3) is 0.364. The lowest BCUT2D eigenvalue weighted by atomic mass is 9.87. The molecule has 2 heteroatoms. The maximum atomic E-state index is 5.99. The Bertz CT molecular complexity index is 749. The van der Waals surface area contributed by atoms with Crippen molar-refractivity contribution in [2.24, 2.45) is 0 Å². The average Bonchev–Trinajstić information content (AvgIpc) is 2.52. The molecule has 0 N–H and O–H groups in total. The van der Waals surface area contributed by atoms with Crippen molar-refractivity contribution in [1.29, 1.82) is 0 Å². The van der Waals surface area contributed by atoms with E-state index >= 15 is 0 Å². The highest BCUT2D eigenvalue weighted by molar-refractivity contribution is 7.98. The largest absolute Gasteiger partial charge is 0.483 e. The minimum atomic E-state index is -0.212. The van der Waals surface area contributed by atoms with E-state index in [1.807, 2.05) is 11.8 Å². The molecule has 126 valence electrons. The van der Waals surface area contributed by atoms with Gasteiger partial charge in [0, 0.05) is 16.2 Å². The molecule has 0 saturated heterocycles. The zero-order chi connectivity index (χ0) is 17.4. The minimum absolute atomic E-state index is 0.212. The van der Waals surface area contributed by atoms with Crippen LogP contribution in [0.2, 0.25) is 0 Å². The first-order valence-electron chi connectivity index (χ1n) is 8.47. The molecule has 0 atom stereocenters. The lowest BCUT2D eigenvalue weighted by Crippen LogP contribution is -2.27. The van der Waals surface area contributed by atoms with E-state index in [4.69, 9.17) is 4.74 Å². The fourth-order valence-corrected chi connectivity index (χ4v) is 3.62. The van der Waals surface area contributed by atoms with Gasteiger partial charge in [-0.1, -0.05) is 51.1 Å². The number of hydrogen-bond donors (Lipinski definition) is 0. The molecule has 0 bridgehead atoms. The van der Waals surface area contributed by atoms with Crippen LogP contribution in [0.25, 0.3) is 6.08 Å². The van der Waals surface area contributed by atoms with E-state index in [9.17, 15) is 0 Å². The highest BCUT2D eigenvalue weighted by Gasteiger charge is 2.21. The van der Waals surface area contributed by atoms with E-state index in [0.717, 1.165) is 11.5 Å². The van der Waals surface area contributed by atoms with Gasteiger partial charge in [-0.3, -0.25) is 0 Å². The second-order valence-electron chi connectivity index (χ2n) is 7.97. The summed E-state index contributed by atoms with van der Waals surface area (Å²) in [4.78, 5) is 1.28. The van der Waals surface area contributed by atoms with Gasteiger partial charge in [-0.2, -0.15) is 0 Å². The van der Waals surface area contributed by atoms with Gasteiger partial charge in [0.05, 0.1) is 0 Å². The SMILES string of the molecule is CC1(C)C=Cc2cc(SCc3ccc(C(C)(C)C)cc3)ccc2O1. The first kappa shape index (κ1) is 17.2.